The van der Waals surface area contributed by atoms with Gasteiger partial charge in [-0.15, -0.1) is 0 Å². The van der Waals surface area contributed by atoms with E-state index in [4.69, 9.17) is 0 Å². The molecule has 78 valence electrons. The number of aldehydes is 1. The SMILES string of the molecule is O=Cc1ccc2c(c1)C=C2.c1ccccc1. The first kappa shape index (κ1) is 10.4. The number of carbonyl (C=O) groups excluding carboxylic acids is 1. The third-order valence-corrected chi connectivity index (χ3v) is 2.36. The molecule has 0 saturated heterocycles. The van der Waals surface area contributed by atoms with Gasteiger partial charge in [-0.2, -0.15) is 0 Å². The molecule has 0 spiro atoms. The van der Waals surface area contributed by atoms with E-state index >= 15 is 0 Å². The molecule has 3 rings (SSSR count). The molecule has 0 heterocycles. The van der Waals surface area contributed by atoms with Crippen molar-refractivity contribution >= 4 is 18.4 Å². The van der Waals surface area contributed by atoms with Crippen LogP contribution in [0.5, 0.6) is 0 Å². The lowest BCUT2D eigenvalue weighted by atomic mass is 9.96. The van der Waals surface area contributed by atoms with Crippen molar-refractivity contribution in [2.24, 2.45) is 0 Å². The molecule has 0 aliphatic heterocycles. The van der Waals surface area contributed by atoms with Crippen LogP contribution in [-0.2, 0) is 0 Å². The second-order valence-corrected chi connectivity index (χ2v) is 3.49. The quantitative estimate of drug-likeness (QED) is 0.558. The molecule has 1 heteroatoms. The maximum absolute atomic E-state index is 10.3. The minimum absolute atomic E-state index is 0.753. The van der Waals surface area contributed by atoms with Gasteiger partial charge in [-0.3, -0.25) is 4.79 Å². The molecule has 1 nitrogen and oxygen atoms in total. The standard InChI is InChI=1S/C9H6O.C6H6/c10-6-7-1-2-8-3-4-9(8)5-7;1-2-4-6-5-3-1/h1-6H;1-6H. The van der Waals surface area contributed by atoms with Crippen LogP contribution in [0.15, 0.2) is 54.6 Å². The Hall–Kier alpha value is -2.15. The third kappa shape index (κ3) is 2.45. The highest BCUT2D eigenvalue weighted by atomic mass is 16.1. The van der Waals surface area contributed by atoms with Crippen LogP contribution < -0.4 is 0 Å². The van der Waals surface area contributed by atoms with Crippen LogP contribution in [-0.4, -0.2) is 6.29 Å². The topological polar surface area (TPSA) is 17.1 Å². The Balaban J connectivity index is 0.000000138. The highest BCUT2D eigenvalue weighted by Crippen LogP contribution is 2.23. The number of hydrogen-bond acceptors (Lipinski definition) is 1. The number of carbonyl (C=O) groups is 1. The molecule has 0 fully saturated rings. The normalized spacial score (nSPS) is 10.5. The summed E-state index contributed by atoms with van der Waals surface area (Å²) in [5, 5.41) is 0. The van der Waals surface area contributed by atoms with Crippen LogP contribution in [0.1, 0.15) is 21.5 Å². The van der Waals surface area contributed by atoms with Gasteiger partial charge in [-0.25, -0.2) is 0 Å². The maximum Gasteiger partial charge on any atom is 0.150 e. The second kappa shape index (κ2) is 5.08. The van der Waals surface area contributed by atoms with Gasteiger partial charge < -0.3 is 0 Å². The Morgan fingerprint density at radius 3 is 1.69 bits per heavy atom. The predicted molar refractivity (Wildman–Crippen MR) is 67.2 cm³/mol. The van der Waals surface area contributed by atoms with Crippen molar-refractivity contribution in [3.63, 3.8) is 0 Å². The van der Waals surface area contributed by atoms with E-state index in [0.717, 1.165) is 11.8 Å². The van der Waals surface area contributed by atoms with Crippen molar-refractivity contribution in [3.8, 4) is 0 Å². The smallest absolute Gasteiger partial charge is 0.150 e. The average molecular weight is 208 g/mol. The molecule has 0 aromatic heterocycles. The van der Waals surface area contributed by atoms with Gasteiger partial charge in [-0.1, -0.05) is 60.7 Å². The molecule has 0 unspecified atom stereocenters. The molecule has 16 heavy (non-hydrogen) atoms. The molecular weight excluding hydrogens is 196 g/mol. The molecule has 2 aromatic rings. The number of hydrogen-bond donors (Lipinski definition) is 0. The zero-order chi connectivity index (χ0) is 11.2. The van der Waals surface area contributed by atoms with E-state index in [2.05, 4.69) is 0 Å². The van der Waals surface area contributed by atoms with E-state index in [1.54, 1.807) is 0 Å². The lowest BCUT2D eigenvalue weighted by Gasteiger charge is -2.08. The number of fused-ring (bicyclic) bond motifs is 1. The van der Waals surface area contributed by atoms with E-state index in [9.17, 15) is 4.79 Å². The zero-order valence-electron chi connectivity index (χ0n) is 8.84. The third-order valence-electron chi connectivity index (χ3n) is 2.36. The molecule has 0 atom stereocenters. The summed E-state index contributed by atoms with van der Waals surface area (Å²) in [7, 11) is 0. The summed E-state index contributed by atoms with van der Waals surface area (Å²) in [5.41, 5.74) is 3.15. The number of benzene rings is 2. The maximum atomic E-state index is 10.3. The largest absolute Gasteiger partial charge is 0.298 e. The minimum Gasteiger partial charge on any atom is -0.298 e. The molecule has 0 saturated carbocycles. The molecule has 1 aliphatic carbocycles. The first-order valence-electron chi connectivity index (χ1n) is 5.17. The summed E-state index contributed by atoms with van der Waals surface area (Å²) in [6.45, 7) is 0. The van der Waals surface area contributed by atoms with Crippen LogP contribution in [0.25, 0.3) is 12.2 Å². The van der Waals surface area contributed by atoms with Crippen molar-refractivity contribution in [1.82, 2.24) is 0 Å². The fraction of sp³-hybridized carbons (Fsp3) is 0. The van der Waals surface area contributed by atoms with E-state index in [1.807, 2.05) is 66.7 Å². The van der Waals surface area contributed by atoms with Gasteiger partial charge in [0, 0.05) is 5.56 Å². The van der Waals surface area contributed by atoms with Crippen molar-refractivity contribution < 1.29 is 4.79 Å². The lowest BCUT2D eigenvalue weighted by molar-refractivity contribution is 0.112. The lowest BCUT2D eigenvalue weighted by Crippen LogP contribution is -1.90. The second-order valence-electron chi connectivity index (χ2n) is 3.49. The highest BCUT2D eigenvalue weighted by Gasteiger charge is 2.04. The summed E-state index contributed by atoms with van der Waals surface area (Å²) in [6.07, 6.45) is 4.90. The van der Waals surface area contributed by atoms with E-state index in [0.29, 0.717) is 0 Å². The Morgan fingerprint density at radius 2 is 1.31 bits per heavy atom. The van der Waals surface area contributed by atoms with Crippen LogP contribution in [0, 0.1) is 0 Å². The van der Waals surface area contributed by atoms with Crippen LogP contribution >= 0.6 is 0 Å². The van der Waals surface area contributed by atoms with Crippen molar-refractivity contribution in [1.29, 1.82) is 0 Å². The van der Waals surface area contributed by atoms with Gasteiger partial charge in [0.05, 0.1) is 0 Å². The first-order chi connectivity index (χ1) is 7.90. The molecular formula is C15H12O. The summed E-state index contributed by atoms with van der Waals surface area (Å²) in [6, 6.07) is 17.7. The Labute approximate surface area is 95.1 Å². The summed E-state index contributed by atoms with van der Waals surface area (Å²) in [4.78, 5) is 10.3. The van der Waals surface area contributed by atoms with E-state index in [-0.39, 0.29) is 0 Å². The Bertz CT molecular complexity index is 471. The van der Waals surface area contributed by atoms with Crippen molar-refractivity contribution in [3.05, 3.63) is 71.3 Å². The van der Waals surface area contributed by atoms with E-state index < -0.39 is 0 Å². The van der Waals surface area contributed by atoms with Crippen molar-refractivity contribution in [2.45, 2.75) is 0 Å². The van der Waals surface area contributed by atoms with Crippen LogP contribution in [0.2, 0.25) is 0 Å². The highest BCUT2D eigenvalue weighted by molar-refractivity contribution is 5.88. The summed E-state index contributed by atoms with van der Waals surface area (Å²) in [5.74, 6) is 0. The predicted octanol–water partition coefficient (Wildman–Crippen LogP) is 3.67. The average Bonchev–Trinajstić information content (AvgIpc) is 2.34. The van der Waals surface area contributed by atoms with Crippen molar-refractivity contribution in [2.75, 3.05) is 0 Å². The molecule has 0 amide bonds. The number of rotatable bonds is 1. The van der Waals surface area contributed by atoms with Gasteiger partial charge in [0.2, 0.25) is 0 Å². The zero-order valence-corrected chi connectivity index (χ0v) is 8.84. The Kier molecular flexibility index (Phi) is 3.29. The Morgan fingerprint density at radius 1 is 0.750 bits per heavy atom. The van der Waals surface area contributed by atoms with Crippen LogP contribution in [0.3, 0.4) is 0 Å². The molecule has 1 aliphatic rings. The molecule has 0 bridgehead atoms. The van der Waals surface area contributed by atoms with E-state index in [1.165, 1.54) is 11.1 Å². The van der Waals surface area contributed by atoms with Gasteiger partial charge >= 0.3 is 0 Å². The molecule has 2 aromatic carbocycles. The first-order valence-corrected chi connectivity index (χ1v) is 5.17. The molecule has 0 N–H and O–H groups in total. The van der Waals surface area contributed by atoms with Gasteiger partial charge in [0.1, 0.15) is 6.29 Å². The summed E-state index contributed by atoms with van der Waals surface area (Å²) < 4.78 is 0. The monoisotopic (exact) mass is 208 g/mol. The fourth-order valence-electron chi connectivity index (χ4n) is 1.43. The fourth-order valence-corrected chi connectivity index (χ4v) is 1.43. The van der Waals surface area contributed by atoms with Crippen LogP contribution in [0.4, 0.5) is 0 Å². The van der Waals surface area contributed by atoms with Gasteiger partial charge in [-0.05, 0) is 17.2 Å². The van der Waals surface area contributed by atoms with Gasteiger partial charge in [0.15, 0.2) is 0 Å². The van der Waals surface area contributed by atoms with Gasteiger partial charge in [0.25, 0.3) is 0 Å². The minimum atomic E-state index is 0.753. The summed E-state index contributed by atoms with van der Waals surface area (Å²) >= 11 is 0. The molecule has 0 radical (unpaired) electrons.